The number of unbranched alkanes of at least 4 members (excludes halogenated alkanes) is 4. The van der Waals surface area contributed by atoms with Crippen LogP contribution in [0.15, 0.2) is 0 Å². The minimum absolute atomic E-state index is 0.0473. The third-order valence-electron chi connectivity index (χ3n) is 3.80. The zero-order valence-corrected chi connectivity index (χ0v) is 11.9. The Kier molecular flexibility index (Phi) is 6.99. The van der Waals surface area contributed by atoms with E-state index in [9.17, 15) is 9.59 Å². The molecule has 0 aromatic heterocycles. The number of hydrogen-bond acceptors (Lipinski definition) is 2. The summed E-state index contributed by atoms with van der Waals surface area (Å²) >= 11 is 0. The van der Waals surface area contributed by atoms with Crippen LogP contribution in [0, 0.1) is 5.92 Å². The Bertz CT molecular complexity index is 270. The number of hydrogen-bond donors (Lipinski definition) is 0. The summed E-state index contributed by atoms with van der Waals surface area (Å²) in [5.74, 6) is -0.247. The molecule has 1 saturated heterocycles. The largest absolute Gasteiger partial charge is 0.342 e. The van der Waals surface area contributed by atoms with Crippen LogP contribution >= 0.6 is 0 Å². The Balaban J connectivity index is 2.21. The van der Waals surface area contributed by atoms with Gasteiger partial charge in [0.25, 0.3) is 0 Å². The SMILES string of the molecule is CCCCCCCC(=O)C(C)C(=O)N1CCCC1. The third kappa shape index (κ3) is 4.79. The Morgan fingerprint density at radius 3 is 2.28 bits per heavy atom. The summed E-state index contributed by atoms with van der Waals surface area (Å²) in [6.07, 6.45) is 8.48. The molecule has 0 radical (unpaired) electrons. The molecule has 1 aliphatic rings. The van der Waals surface area contributed by atoms with E-state index in [2.05, 4.69) is 6.92 Å². The number of nitrogens with zero attached hydrogens (tertiary/aromatic N) is 1. The lowest BCUT2D eigenvalue weighted by Gasteiger charge is -2.19. The lowest BCUT2D eigenvalue weighted by Crippen LogP contribution is -2.36. The summed E-state index contributed by atoms with van der Waals surface area (Å²) in [6, 6.07) is 0. The molecule has 0 saturated carbocycles. The van der Waals surface area contributed by atoms with Crippen LogP contribution in [0.3, 0.4) is 0 Å². The van der Waals surface area contributed by atoms with Gasteiger partial charge < -0.3 is 4.90 Å². The fourth-order valence-corrected chi connectivity index (χ4v) is 2.47. The highest BCUT2D eigenvalue weighted by atomic mass is 16.2. The smallest absolute Gasteiger partial charge is 0.232 e. The first-order valence-electron chi connectivity index (χ1n) is 7.48. The van der Waals surface area contributed by atoms with E-state index in [1.165, 1.54) is 19.3 Å². The van der Waals surface area contributed by atoms with Gasteiger partial charge in [-0.25, -0.2) is 0 Å². The van der Waals surface area contributed by atoms with Gasteiger partial charge in [0, 0.05) is 19.5 Å². The first kappa shape index (κ1) is 15.2. The number of carbonyl (C=O) groups excluding carboxylic acids is 2. The molecule has 1 heterocycles. The van der Waals surface area contributed by atoms with Crippen molar-refractivity contribution in [2.75, 3.05) is 13.1 Å². The topological polar surface area (TPSA) is 37.4 Å². The monoisotopic (exact) mass is 253 g/mol. The zero-order valence-electron chi connectivity index (χ0n) is 11.9. The number of ketones is 1. The number of likely N-dealkylation sites (tertiary alicyclic amines) is 1. The van der Waals surface area contributed by atoms with Crippen molar-refractivity contribution in [2.45, 2.75) is 65.2 Å². The van der Waals surface area contributed by atoms with Crippen LogP contribution in [-0.2, 0) is 9.59 Å². The molecule has 1 rings (SSSR count). The van der Waals surface area contributed by atoms with Gasteiger partial charge in [0.05, 0.1) is 5.92 Å². The van der Waals surface area contributed by atoms with E-state index in [1.807, 2.05) is 4.90 Å². The molecule has 3 nitrogen and oxygen atoms in total. The first-order valence-corrected chi connectivity index (χ1v) is 7.48. The van der Waals surface area contributed by atoms with Crippen LogP contribution in [-0.4, -0.2) is 29.7 Å². The van der Waals surface area contributed by atoms with Crippen LogP contribution < -0.4 is 0 Å². The molecule has 1 fully saturated rings. The molecule has 104 valence electrons. The van der Waals surface area contributed by atoms with Crippen molar-refractivity contribution < 1.29 is 9.59 Å². The van der Waals surface area contributed by atoms with Gasteiger partial charge in [0.1, 0.15) is 5.78 Å². The fraction of sp³-hybridized carbons (Fsp3) is 0.867. The van der Waals surface area contributed by atoms with Crippen LogP contribution in [0.4, 0.5) is 0 Å². The minimum Gasteiger partial charge on any atom is -0.342 e. The minimum atomic E-state index is -0.422. The third-order valence-corrected chi connectivity index (χ3v) is 3.80. The quantitative estimate of drug-likeness (QED) is 0.492. The highest BCUT2D eigenvalue weighted by Crippen LogP contribution is 2.15. The normalized spacial score (nSPS) is 16.9. The van der Waals surface area contributed by atoms with Crippen molar-refractivity contribution in [1.29, 1.82) is 0 Å². The summed E-state index contributed by atoms with van der Waals surface area (Å²) in [7, 11) is 0. The molecule has 1 amide bonds. The molecule has 18 heavy (non-hydrogen) atoms. The van der Waals surface area contributed by atoms with Crippen LogP contribution in [0.25, 0.3) is 0 Å². The Hall–Kier alpha value is -0.860. The summed E-state index contributed by atoms with van der Waals surface area (Å²) < 4.78 is 0. The van der Waals surface area contributed by atoms with Gasteiger partial charge in [-0.3, -0.25) is 9.59 Å². The van der Waals surface area contributed by atoms with E-state index in [0.717, 1.165) is 38.8 Å². The van der Waals surface area contributed by atoms with E-state index >= 15 is 0 Å². The number of rotatable bonds is 8. The van der Waals surface area contributed by atoms with Crippen molar-refractivity contribution in [1.82, 2.24) is 4.90 Å². The summed E-state index contributed by atoms with van der Waals surface area (Å²) in [6.45, 7) is 5.64. The maximum atomic E-state index is 12.0. The van der Waals surface area contributed by atoms with Gasteiger partial charge in [0.2, 0.25) is 5.91 Å². The Morgan fingerprint density at radius 2 is 1.67 bits per heavy atom. The van der Waals surface area contributed by atoms with Crippen molar-refractivity contribution in [3.63, 3.8) is 0 Å². The molecule has 0 aliphatic carbocycles. The average Bonchev–Trinajstić information content (AvgIpc) is 2.90. The van der Waals surface area contributed by atoms with Crippen LogP contribution in [0.5, 0.6) is 0 Å². The highest BCUT2D eigenvalue weighted by molar-refractivity contribution is 6.00. The number of Topliss-reactive ketones (excluding diaryl/α,β-unsaturated/α-hetero) is 1. The molecular weight excluding hydrogens is 226 g/mol. The van der Waals surface area contributed by atoms with Crippen molar-refractivity contribution in [3.8, 4) is 0 Å². The predicted octanol–water partition coefficient (Wildman–Crippen LogP) is 3.17. The van der Waals surface area contributed by atoms with Gasteiger partial charge in [-0.05, 0) is 26.2 Å². The van der Waals surface area contributed by atoms with E-state index in [-0.39, 0.29) is 11.7 Å². The fourth-order valence-electron chi connectivity index (χ4n) is 2.47. The Labute approximate surface area is 111 Å². The Morgan fingerprint density at radius 1 is 1.06 bits per heavy atom. The summed E-state index contributed by atoms with van der Waals surface area (Å²) in [5.41, 5.74) is 0. The second-order valence-electron chi connectivity index (χ2n) is 5.38. The molecule has 1 atom stereocenters. The van der Waals surface area contributed by atoms with E-state index in [0.29, 0.717) is 6.42 Å². The molecule has 1 aliphatic heterocycles. The number of amides is 1. The maximum absolute atomic E-state index is 12.0. The van der Waals surface area contributed by atoms with E-state index in [4.69, 9.17) is 0 Å². The molecule has 0 aromatic rings. The standard InChI is InChI=1S/C15H27NO2/c1-3-4-5-6-7-10-14(17)13(2)15(18)16-11-8-9-12-16/h13H,3-12H2,1-2H3. The van der Waals surface area contributed by atoms with Crippen LogP contribution in [0.1, 0.15) is 65.2 Å². The summed E-state index contributed by atoms with van der Waals surface area (Å²) in [5, 5.41) is 0. The molecule has 0 bridgehead atoms. The van der Waals surface area contributed by atoms with Gasteiger partial charge in [-0.1, -0.05) is 32.6 Å². The predicted molar refractivity (Wildman–Crippen MR) is 73.4 cm³/mol. The highest BCUT2D eigenvalue weighted by Gasteiger charge is 2.27. The zero-order chi connectivity index (χ0) is 13.4. The van der Waals surface area contributed by atoms with E-state index in [1.54, 1.807) is 6.92 Å². The van der Waals surface area contributed by atoms with Crippen LogP contribution in [0.2, 0.25) is 0 Å². The maximum Gasteiger partial charge on any atom is 0.232 e. The molecule has 0 aromatic carbocycles. The van der Waals surface area contributed by atoms with Gasteiger partial charge in [-0.2, -0.15) is 0 Å². The van der Waals surface area contributed by atoms with Gasteiger partial charge in [-0.15, -0.1) is 0 Å². The van der Waals surface area contributed by atoms with E-state index < -0.39 is 5.92 Å². The lowest BCUT2D eigenvalue weighted by atomic mass is 9.99. The second-order valence-corrected chi connectivity index (χ2v) is 5.38. The van der Waals surface area contributed by atoms with Gasteiger partial charge in [0.15, 0.2) is 0 Å². The second kappa shape index (κ2) is 8.28. The molecule has 1 unspecified atom stereocenters. The lowest BCUT2D eigenvalue weighted by molar-refractivity contribution is -0.139. The van der Waals surface area contributed by atoms with Crippen molar-refractivity contribution >= 4 is 11.7 Å². The molecule has 0 N–H and O–H groups in total. The first-order chi connectivity index (χ1) is 8.66. The molecule has 0 spiro atoms. The van der Waals surface area contributed by atoms with Gasteiger partial charge >= 0.3 is 0 Å². The van der Waals surface area contributed by atoms with Crippen molar-refractivity contribution in [3.05, 3.63) is 0 Å². The average molecular weight is 253 g/mol. The van der Waals surface area contributed by atoms with Crippen molar-refractivity contribution in [2.24, 2.45) is 5.92 Å². The number of carbonyl (C=O) groups is 2. The summed E-state index contributed by atoms with van der Waals surface area (Å²) in [4.78, 5) is 25.8. The molecular formula is C15H27NO2. The molecule has 3 heteroatoms.